The maximum Gasteiger partial charge on any atom is 0.236 e. The maximum atomic E-state index is 11.1. The molecule has 0 aliphatic heterocycles. The minimum absolute atomic E-state index is 0.0874. The quantitative estimate of drug-likeness (QED) is 0.697. The summed E-state index contributed by atoms with van der Waals surface area (Å²) in [5.74, 6) is 1.03. The molecule has 0 spiro atoms. The van der Waals surface area contributed by atoms with Gasteiger partial charge in [0.1, 0.15) is 5.76 Å². The minimum Gasteiger partial charge on any atom is -0.469 e. The van der Waals surface area contributed by atoms with E-state index in [0.29, 0.717) is 6.54 Å². The van der Waals surface area contributed by atoms with Gasteiger partial charge in [0.15, 0.2) is 0 Å². The van der Waals surface area contributed by atoms with Crippen LogP contribution in [0, 0.1) is 0 Å². The van der Waals surface area contributed by atoms with E-state index in [1.807, 2.05) is 12.1 Å². The second kappa shape index (κ2) is 5.44. The van der Waals surface area contributed by atoms with Crippen molar-refractivity contribution < 1.29 is 9.21 Å². The summed E-state index contributed by atoms with van der Waals surface area (Å²) in [6.07, 6.45) is 2.47. The summed E-state index contributed by atoms with van der Waals surface area (Å²) in [5, 5.41) is 3.05. The van der Waals surface area contributed by atoms with Crippen molar-refractivity contribution in [2.45, 2.75) is 6.42 Å². The Morgan fingerprint density at radius 1 is 1.57 bits per heavy atom. The number of likely N-dealkylation sites (N-methyl/N-ethyl adjacent to an activating group) is 1. The van der Waals surface area contributed by atoms with Gasteiger partial charge in [-0.25, -0.2) is 0 Å². The van der Waals surface area contributed by atoms with Crippen LogP contribution in [0.2, 0.25) is 0 Å². The van der Waals surface area contributed by atoms with Crippen molar-refractivity contribution in [2.24, 2.45) is 0 Å². The summed E-state index contributed by atoms with van der Waals surface area (Å²) < 4.78 is 5.15. The van der Waals surface area contributed by atoms with E-state index in [2.05, 4.69) is 5.32 Å². The summed E-state index contributed by atoms with van der Waals surface area (Å²) in [7, 11) is 3.49. The first-order valence-corrected chi connectivity index (χ1v) is 4.63. The first kappa shape index (κ1) is 10.8. The zero-order valence-corrected chi connectivity index (χ0v) is 8.62. The molecule has 0 atom stereocenters. The Morgan fingerprint density at radius 2 is 2.36 bits per heavy atom. The summed E-state index contributed by atoms with van der Waals surface area (Å²) in [6, 6.07) is 3.79. The lowest BCUT2D eigenvalue weighted by atomic mass is 10.3. The Bertz CT molecular complexity index is 268. The topological polar surface area (TPSA) is 45.5 Å². The van der Waals surface area contributed by atoms with E-state index in [-0.39, 0.29) is 5.91 Å². The van der Waals surface area contributed by atoms with Gasteiger partial charge in [0.25, 0.3) is 0 Å². The number of carbonyl (C=O) groups excluding carboxylic acids is 1. The first-order valence-electron chi connectivity index (χ1n) is 4.63. The Labute approximate surface area is 83.9 Å². The fraction of sp³-hybridized carbons (Fsp3) is 0.500. The smallest absolute Gasteiger partial charge is 0.236 e. The zero-order valence-electron chi connectivity index (χ0n) is 8.62. The van der Waals surface area contributed by atoms with Crippen molar-refractivity contribution in [3.63, 3.8) is 0 Å². The van der Waals surface area contributed by atoms with E-state index in [1.54, 1.807) is 25.3 Å². The largest absolute Gasteiger partial charge is 0.469 e. The highest BCUT2D eigenvalue weighted by atomic mass is 16.3. The average Bonchev–Trinajstić information content (AvgIpc) is 2.64. The molecule has 1 rings (SSSR count). The number of nitrogens with one attached hydrogen (secondary N) is 1. The molecule has 0 fully saturated rings. The monoisotopic (exact) mass is 196 g/mol. The van der Waals surface area contributed by atoms with E-state index in [1.165, 1.54) is 0 Å². The zero-order chi connectivity index (χ0) is 10.4. The van der Waals surface area contributed by atoms with E-state index in [9.17, 15) is 4.79 Å². The number of amides is 1. The van der Waals surface area contributed by atoms with Crippen LogP contribution in [0.25, 0.3) is 0 Å². The van der Waals surface area contributed by atoms with Crippen LogP contribution in [0.5, 0.6) is 0 Å². The highest BCUT2D eigenvalue weighted by Crippen LogP contribution is 1.99. The minimum atomic E-state index is 0.0874. The number of nitrogens with zero attached hydrogens (tertiary/aromatic N) is 1. The van der Waals surface area contributed by atoms with Crippen molar-refractivity contribution in [1.29, 1.82) is 0 Å². The molecule has 0 aliphatic carbocycles. The van der Waals surface area contributed by atoms with Crippen LogP contribution in [0.4, 0.5) is 0 Å². The van der Waals surface area contributed by atoms with Gasteiger partial charge in [-0.2, -0.15) is 0 Å². The third-order valence-corrected chi connectivity index (χ3v) is 1.90. The molecule has 78 valence electrons. The third kappa shape index (κ3) is 3.62. The van der Waals surface area contributed by atoms with Gasteiger partial charge in [-0.1, -0.05) is 0 Å². The number of carbonyl (C=O) groups is 1. The molecule has 0 aliphatic rings. The van der Waals surface area contributed by atoms with E-state index >= 15 is 0 Å². The Balaban J connectivity index is 2.08. The molecule has 4 nitrogen and oxygen atoms in total. The van der Waals surface area contributed by atoms with Crippen LogP contribution in [0.15, 0.2) is 22.8 Å². The van der Waals surface area contributed by atoms with E-state index < -0.39 is 0 Å². The normalized spacial score (nSPS) is 10.1. The fourth-order valence-corrected chi connectivity index (χ4v) is 1.02. The average molecular weight is 196 g/mol. The maximum absolute atomic E-state index is 11.1. The van der Waals surface area contributed by atoms with Gasteiger partial charge in [0.2, 0.25) is 5.91 Å². The Kier molecular flexibility index (Phi) is 4.19. The van der Waals surface area contributed by atoms with E-state index in [4.69, 9.17) is 4.42 Å². The number of furan rings is 1. The van der Waals surface area contributed by atoms with E-state index in [0.717, 1.165) is 18.7 Å². The molecule has 1 heterocycles. The molecule has 0 aromatic carbocycles. The van der Waals surface area contributed by atoms with Crippen LogP contribution >= 0.6 is 0 Å². The van der Waals surface area contributed by atoms with Crippen molar-refractivity contribution >= 4 is 5.91 Å². The lowest BCUT2D eigenvalue weighted by Gasteiger charge is -2.10. The highest BCUT2D eigenvalue weighted by molar-refractivity contribution is 5.77. The molecule has 0 unspecified atom stereocenters. The number of hydrogen-bond acceptors (Lipinski definition) is 3. The second-order valence-electron chi connectivity index (χ2n) is 3.29. The number of rotatable bonds is 5. The van der Waals surface area contributed by atoms with Crippen molar-refractivity contribution in [3.05, 3.63) is 24.2 Å². The van der Waals surface area contributed by atoms with Crippen molar-refractivity contribution in [3.8, 4) is 0 Å². The number of hydrogen-bond donors (Lipinski definition) is 1. The standard InChI is InChI=1S/C10H16N2O2/c1-12(2)10(13)8-11-6-5-9-4-3-7-14-9/h3-4,7,11H,5-6,8H2,1-2H3. The van der Waals surface area contributed by atoms with Gasteiger partial charge in [-0.05, 0) is 12.1 Å². The first-order chi connectivity index (χ1) is 6.70. The SMILES string of the molecule is CN(C)C(=O)CNCCc1ccco1. The van der Waals surface area contributed by atoms with Gasteiger partial charge >= 0.3 is 0 Å². The van der Waals surface area contributed by atoms with Crippen LogP contribution in [-0.4, -0.2) is 38.0 Å². The van der Waals surface area contributed by atoms with Gasteiger partial charge in [0.05, 0.1) is 12.8 Å². The van der Waals surface area contributed by atoms with Crippen LogP contribution in [0.3, 0.4) is 0 Å². The molecule has 1 N–H and O–H groups in total. The lowest BCUT2D eigenvalue weighted by Crippen LogP contribution is -2.33. The third-order valence-electron chi connectivity index (χ3n) is 1.90. The molecular formula is C10H16N2O2. The van der Waals surface area contributed by atoms with Gasteiger partial charge < -0.3 is 14.6 Å². The van der Waals surface area contributed by atoms with Crippen LogP contribution < -0.4 is 5.32 Å². The second-order valence-corrected chi connectivity index (χ2v) is 3.29. The summed E-state index contributed by atoms with van der Waals surface area (Å²) in [4.78, 5) is 12.7. The molecule has 0 saturated heterocycles. The van der Waals surface area contributed by atoms with Gasteiger partial charge in [0, 0.05) is 27.1 Å². The summed E-state index contributed by atoms with van der Waals surface area (Å²) in [6.45, 7) is 1.14. The molecule has 1 amide bonds. The molecule has 1 aromatic heterocycles. The molecule has 14 heavy (non-hydrogen) atoms. The molecular weight excluding hydrogens is 180 g/mol. The summed E-state index contributed by atoms with van der Waals surface area (Å²) in [5.41, 5.74) is 0. The molecule has 0 bridgehead atoms. The lowest BCUT2D eigenvalue weighted by molar-refractivity contribution is -0.127. The van der Waals surface area contributed by atoms with Crippen molar-refractivity contribution in [1.82, 2.24) is 10.2 Å². The van der Waals surface area contributed by atoms with Crippen LogP contribution in [0.1, 0.15) is 5.76 Å². The molecule has 1 aromatic rings. The highest BCUT2D eigenvalue weighted by Gasteiger charge is 2.02. The molecule has 0 saturated carbocycles. The van der Waals surface area contributed by atoms with Gasteiger partial charge in [-0.3, -0.25) is 4.79 Å². The fourth-order valence-electron chi connectivity index (χ4n) is 1.02. The predicted molar refractivity (Wildman–Crippen MR) is 54.0 cm³/mol. The van der Waals surface area contributed by atoms with Gasteiger partial charge in [-0.15, -0.1) is 0 Å². The predicted octanol–water partition coefficient (Wildman–Crippen LogP) is 0.500. The van der Waals surface area contributed by atoms with Crippen LogP contribution in [-0.2, 0) is 11.2 Å². The Morgan fingerprint density at radius 3 is 2.93 bits per heavy atom. The summed E-state index contributed by atoms with van der Waals surface area (Å²) >= 11 is 0. The molecule has 4 heteroatoms. The molecule has 0 radical (unpaired) electrons. The van der Waals surface area contributed by atoms with Crippen molar-refractivity contribution in [2.75, 3.05) is 27.2 Å². The Hall–Kier alpha value is -1.29.